The number of hydrogen-bond acceptors (Lipinski definition) is 8. The number of nitrogens with zero attached hydrogens (tertiary/aromatic N) is 3. The van der Waals surface area contributed by atoms with E-state index in [-0.39, 0.29) is 36.3 Å². The third kappa shape index (κ3) is 6.29. The van der Waals surface area contributed by atoms with Crippen molar-refractivity contribution in [2.24, 2.45) is 0 Å². The first kappa shape index (κ1) is 32.9. The minimum absolute atomic E-state index is 0.0287. The Labute approximate surface area is 292 Å². The zero-order chi connectivity index (χ0) is 34.4. The summed E-state index contributed by atoms with van der Waals surface area (Å²) >= 11 is 0. The lowest BCUT2D eigenvalue weighted by atomic mass is 9.88. The number of pyridine rings is 1. The molecule has 2 aromatic heterocycles. The summed E-state index contributed by atoms with van der Waals surface area (Å²) < 4.78 is 49.7. The van der Waals surface area contributed by atoms with Crippen molar-refractivity contribution in [1.82, 2.24) is 20.1 Å². The van der Waals surface area contributed by atoms with E-state index in [2.05, 4.69) is 23.5 Å². The molecule has 1 saturated carbocycles. The third-order valence-corrected chi connectivity index (χ3v) is 10.3. The molecule has 3 fully saturated rings. The summed E-state index contributed by atoms with van der Waals surface area (Å²) in [6.07, 6.45) is 6.14. The van der Waals surface area contributed by atoms with Crippen molar-refractivity contribution in [3.05, 3.63) is 77.2 Å². The van der Waals surface area contributed by atoms with Crippen molar-refractivity contribution in [1.29, 1.82) is 0 Å². The van der Waals surface area contributed by atoms with Gasteiger partial charge in [0.1, 0.15) is 35.9 Å². The van der Waals surface area contributed by atoms with E-state index in [4.69, 9.17) is 33.8 Å². The molecule has 5 aromatic rings. The van der Waals surface area contributed by atoms with Gasteiger partial charge >= 0.3 is 0 Å². The van der Waals surface area contributed by atoms with Crippen molar-refractivity contribution in [3.63, 3.8) is 0 Å². The summed E-state index contributed by atoms with van der Waals surface area (Å²) in [7, 11) is 1.66. The van der Waals surface area contributed by atoms with Crippen LogP contribution in [0.5, 0.6) is 17.4 Å². The molecule has 3 atom stereocenters. The van der Waals surface area contributed by atoms with Gasteiger partial charge in [-0.1, -0.05) is 30.3 Å². The Bertz CT molecular complexity index is 2000. The number of methoxy groups -OCH3 is 1. The quantitative estimate of drug-likeness (QED) is 0.141. The molecule has 1 aliphatic carbocycles. The van der Waals surface area contributed by atoms with E-state index in [0.717, 1.165) is 78.2 Å². The number of nitrogens with one attached hydrogen (secondary N) is 1. The van der Waals surface area contributed by atoms with E-state index < -0.39 is 0 Å². The van der Waals surface area contributed by atoms with E-state index in [9.17, 15) is 0 Å². The molecule has 9 nitrogen and oxygen atoms in total. The van der Waals surface area contributed by atoms with Gasteiger partial charge in [0.2, 0.25) is 5.88 Å². The second kappa shape index (κ2) is 13.8. The second-order valence-corrected chi connectivity index (χ2v) is 13.9. The zero-order valence-corrected chi connectivity index (χ0v) is 29.2. The molecule has 1 unspecified atom stereocenters. The zero-order valence-electron chi connectivity index (χ0n) is 29.2. The predicted molar refractivity (Wildman–Crippen MR) is 191 cm³/mol. The highest BCUT2D eigenvalue weighted by Crippen LogP contribution is 2.54. The van der Waals surface area contributed by atoms with Crippen LogP contribution < -0.4 is 19.5 Å². The molecule has 50 heavy (non-hydrogen) atoms. The summed E-state index contributed by atoms with van der Waals surface area (Å²) in [6, 6.07) is 15.8. The van der Waals surface area contributed by atoms with E-state index in [1.807, 2.05) is 55.9 Å². The number of fused-ring (bicyclic) bond motifs is 2. The van der Waals surface area contributed by atoms with E-state index >= 15 is 4.39 Å². The fourth-order valence-corrected chi connectivity index (χ4v) is 7.05. The molecule has 4 heterocycles. The first-order chi connectivity index (χ1) is 24.4. The molecule has 0 spiro atoms. The van der Waals surface area contributed by atoms with Gasteiger partial charge < -0.3 is 29.0 Å². The van der Waals surface area contributed by atoms with E-state index in [0.29, 0.717) is 47.2 Å². The Kier molecular flexibility index (Phi) is 9.10. The third-order valence-electron chi connectivity index (χ3n) is 10.3. The molecule has 3 aromatic carbocycles. The number of rotatable bonds is 12. The van der Waals surface area contributed by atoms with Crippen LogP contribution in [0.3, 0.4) is 0 Å². The predicted octanol–water partition coefficient (Wildman–Crippen LogP) is 8.18. The monoisotopic (exact) mass is 680 g/mol. The van der Waals surface area contributed by atoms with E-state index in [1.54, 1.807) is 13.2 Å². The van der Waals surface area contributed by atoms with Crippen LogP contribution in [0.2, 0.25) is 0 Å². The topological polar surface area (TPSA) is 88.9 Å². The lowest BCUT2D eigenvalue weighted by molar-refractivity contribution is -0.0366. The molecular weight excluding hydrogens is 635 g/mol. The van der Waals surface area contributed by atoms with E-state index in [1.165, 1.54) is 0 Å². The van der Waals surface area contributed by atoms with Crippen LogP contribution in [0.4, 0.5) is 4.39 Å². The van der Waals surface area contributed by atoms with Crippen LogP contribution in [-0.2, 0) is 9.47 Å². The van der Waals surface area contributed by atoms with Crippen molar-refractivity contribution in [3.8, 4) is 28.5 Å². The van der Waals surface area contributed by atoms with Crippen molar-refractivity contribution >= 4 is 21.8 Å². The van der Waals surface area contributed by atoms with Gasteiger partial charge in [-0.15, -0.1) is 0 Å². The van der Waals surface area contributed by atoms with Crippen LogP contribution >= 0.6 is 0 Å². The van der Waals surface area contributed by atoms with Crippen LogP contribution in [0.25, 0.3) is 32.9 Å². The minimum Gasteiger partial charge on any atom is -0.487 e. The molecule has 0 amide bonds. The number of aromatic nitrogens is 3. The maximum absolute atomic E-state index is 16.3. The summed E-state index contributed by atoms with van der Waals surface area (Å²) in [5.74, 6) is 1.67. The number of ether oxygens (including phenoxy) is 5. The number of benzene rings is 3. The van der Waals surface area contributed by atoms with Gasteiger partial charge in [0.25, 0.3) is 0 Å². The lowest BCUT2D eigenvalue weighted by Gasteiger charge is -2.29. The molecule has 262 valence electrons. The molecular formula is C40H45FN4O5. The Balaban J connectivity index is 1.40. The average Bonchev–Trinajstić information content (AvgIpc) is 3.89. The maximum atomic E-state index is 16.3. The van der Waals surface area contributed by atoms with Crippen molar-refractivity contribution in [2.45, 2.75) is 83.3 Å². The first-order valence-corrected chi connectivity index (χ1v) is 17.9. The SMILES string of the molecule is CO[C@@H](C)COc1cc(OC2CNC2)c2cc(C3CC3)c(-c3c(C)c(F)cc4c3cnn4C3CCCCO3)c(O[C@@H](C)c3ccccc3)c2n1. The van der Waals surface area contributed by atoms with Crippen molar-refractivity contribution in [2.75, 3.05) is 33.4 Å². The summed E-state index contributed by atoms with van der Waals surface area (Å²) in [4.78, 5) is 5.12. The summed E-state index contributed by atoms with van der Waals surface area (Å²) in [5, 5.41) is 9.83. The van der Waals surface area contributed by atoms with Gasteiger partial charge in [0.05, 0.1) is 17.8 Å². The molecule has 0 radical (unpaired) electrons. The first-order valence-electron chi connectivity index (χ1n) is 17.9. The Morgan fingerprint density at radius 2 is 1.84 bits per heavy atom. The van der Waals surface area contributed by atoms with Gasteiger partial charge in [-0.2, -0.15) is 5.10 Å². The van der Waals surface area contributed by atoms with Crippen molar-refractivity contribution < 1.29 is 28.1 Å². The smallest absolute Gasteiger partial charge is 0.217 e. The highest BCUT2D eigenvalue weighted by Gasteiger charge is 2.35. The van der Waals surface area contributed by atoms with Crippen LogP contribution in [-0.4, -0.2) is 60.4 Å². The average molecular weight is 681 g/mol. The molecule has 10 heteroatoms. The summed E-state index contributed by atoms with van der Waals surface area (Å²) in [5.41, 5.74) is 5.59. The largest absolute Gasteiger partial charge is 0.487 e. The second-order valence-electron chi connectivity index (χ2n) is 13.9. The number of halogens is 1. The molecule has 8 rings (SSSR count). The molecule has 2 saturated heterocycles. The normalized spacial score (nSPS) is 19.3. The lowest BCUT2D eigenvalue weighted by Crippen LogP contribution is -2.50. The standard InChI is InChI=1S/C40H45FN4O5/c1-23(46-4)22-48-35-18-34(50-28-19-42-20-28)30-16-29(27-13-14-27)38(40(39(30)44-35)49-25(3)26-10-6-5-7-11-26)37-24(2)32(41)17-33-31(37)21-43-45(33)36-12-8-9-15-47-36/h5-7,10-11,16-18,21,23,25,27-28,36,42H,8-9,12-15,19-20,22H2,1-4H3/t23-,25-,36?/m0/s1. The van der Waals surface area contributed by atoms with Crippen LogP contribution in [0.1, 0.15) is 80.9 Å². The maximum Gasteiger partial charge on any atom is 0.217 e. The van der Waals surface area contributed by atoms with Gasteiger partial charge in [-0.25, -0.2) is 14.1 Å². The van der Waals surface area contributed by atoms with Gasteiger partial charge in [-0.05, 0) is 81.5 Å². The molecule has 1 N–H and O–H groups in total. The molecule has 2 aliphatic heterocycles. The van der Waals surface area contributed by atoms with Crippen LogP contribution in [0.15, 0.2) is 54.7 Å². The summed E-state index contributed by atoms with van der Waals surface area (Å²) in [6.45, 7) is 8.34. The van der Waals surface area contributed by atoms with Gasteiger partial charge in [0, 0.05) is 60.8 Å². The fraction of sp³-hybridized carbons (Fsp3) is 0.450. The molecule has 3 aliphatic rings. The Morgan fingerprint density at radius 3 is 2.54 bits per heavy atom. The Morgan fingerprint density at radius 1 is 1.02 bits per heavy atom. The highest BCUT2D eigenvalue weighted by atomic mass is 19.1. The fourth-order valence-electron chi connectivity index (χ4n) is 7.05. The molecule has 0 bridgehead atoms. The highest BCUT2D eigenvalue weighted by molar-refractivity contribution is 6.05. The Hall–Kier alpha value is -4.25. The van der Waals surface area contributed by atoms with Crippen LogP contribution in [0, 0.1) is 12.7 Å². The van der Waals surface area contributed by atoms with Gasteiger partial charge in [0.15, 0.2) is 12.0 Å². The minimum atomic E-state index is -0.338. The van der Waals surface area contributed by atoms with Gasteiger partial charge in [-0.3, -0.25) is 0 Å². The number of hydrogen-bond donors (Lipinski definition) is 1.